The third kappa shape index (κ3) is 3.96. The van der Waals surface area contributed by atoms with Crippen LogP contribution in [0.25, 0.3) is 20.3 Å². The van der Waals surface area contributed by atoms with Gasteiger partial charge in [-0.3, -0.25) is 14.9 Å². The lowest BCUT2D eigenvalue weighted by Crippen LogP contribution is -2.41. The zero-order valence-electron chi connectivity index (χ0n) is 16.1. The van der Waals surface area contributed by atoms with E-state index in [9.17, 15) is 19.3 Å². The topological polar surface area (TPSA) is 85.6 Å². The van der Waals surface area contributed by atoms with Crippen molar-refractivity contribution >= 4 is 54.6 Å². The van der Waals surface area contributed by atoms with E-state index in [2.05, 4.69) is 4.98 Å². The van der Waals surface area contributed by atoms with Crippen LogP contribution in [-0.2, 0) is 0 Å². The highest BCUT2D eigenvalue weighted by atomic mass is 32.1. The molecule has 31 heavy (non-hydrogen) atoms. The number of nitrogens with zero attached hydrogens (tertiary/aromatic N) is 3. The highest BCUT2D eigenvalue weighted by molar-refractivity contribution is 7.21. The molecular formula is C21H16FN3O4S2. The highest BCUT2D eigenvalue weighted by Gasteiger charge is 2.26. The fourth-order valence-electron chi connectivity index (χ4n) is 3.65. The minimum atomic E-state index is -0.439. The number of benzene rings is 2. The largest absolute Gasteiger partial charge is 0.467 e. The number of carbonyl (C=O) groups excluding carboxylic acids is 1. The summed E-state index contributed by atoms with van der Waals surface area (Å²) in [5.74, 6) is -0.372. The number of ether oxygens (including phenoxy) is 1. The Morgan fingerprint density at radius 1 is 1.13 bits per heavy atom. The molecule has 7 nitrogen and oxygen atoms in total. The van der Waals surface area contributed by atoms with E-state index in [1.807, 2.05) is 0 Å². The van der Waals surface area contributed by atoms with Crippen LogP contribution < -0.4 is 4.74 Å². The van der Waals surface area contributed by atoms with Gasteiger partial charge >= 0.3 is 0 Å². The van der Waals surface area contributed by atoms with E-state index in [0.29, 0.717) is 46.9 Å². The molecule has 3 heterocycles. The molecule has 0 spiro atoms. The van der Waals surface area contributed by atoms with Crippen molar-refractivity contribution in [2.24, 2.45) is 0 Å². The average Bonchev–Trinajstić information content (AvgIpc) is 3.36. The van der Waals surface area contributed by atoms with Gasteiger partial charge in [0.2, 0.25) is 0 Å². The van der Waals surface area contributed by atoms with E-state index in [0.717, 1.165) is 9.40 Å². The number of nitro benzene ring substituents is 1. The van der Waals surface area contributed by atoms with Gasteiger partial charge in [0.05, 0.1) is 20.0 Å². The summed E-state index contributed by atoms with van der Waals surface area (Å²) in [7, 11) is 0. The Kier molecular flexibility index (Phi) is 5.03. The van der Waals surface area contributed by atoms with Gasteiger partial charge in [-0.05, 0) is 30.3 Å². The van der Waals surface area contributed by atoms with E-state index < -0.39 is 4.92 Å². The van der Waals surface area contributed by atoms with Crippen LogP contribution in [-0.4, -0.2) is 39.9 Å². The summed E-state index contributed by atoms with van der Waals surface area (Å²) in [6.45, 7) is 1.11. The maximum Gasteiger partial charge on any atom is 0.274 e. The van der Waals surface area contributed by atoms with Gasteiger partial charge in [-0.25, -0.2) is 9.37 Å². The summed E-state index contributed by atoms with van der Waals surface area (Å²) >= 11 is 2.66. The first kappa shape index (κ1) is 19.8. The van der Waals surface area contributed by atoms with E-state index in [1.54, 1.807) is 23.1 Å². The van der Waals surface area contributed by atoms with Crippen LogP contribution in [0.15, 0.2) is 42.5 Å². The molecule has 1 amide bonds. The maximum atomic E-state index is 13.4. The number of thiazole rings is 1. The van der Waals surface area contributed by atoms with Crippen molar-refractivity contribution in [1.29, 1.82) is 0 Å². The Hall–Kier alpha value is -3.11. The molecule has 10 heteroatoms. The summed E-state index contributed by atoms with van der Waals surface area (Å²) in [5.41, 5.74) is 0.721. The van der Waals surface area contributed by atoms with Gasteiger partial charge in [-0.1, -0.05) is 11.3 Å². The predicted octanol–water partition coefficient (Wildman–Crippen LogP) is 5.24. The third-order valence-corrected chi connectivity index (χ3v) is 7.26. The number of rotatable bonds is 4. The number of thiophene rings is 1. The van der Waals surface area contributed by atoms with Crippen LogP contribution in [0.1, 0.15) is 22.5 Å². The van der Waals surface area contributed by atoms with E-state index in [-0.39, 0.29) is 23.5 Å². The quantitative estimate of drug-likeness (QED) is 0.309. The molecule has 0 unspecified atom stereocenters. The normalized spacial score (nSPS) is 14.9. The molecule has 0 N–H and O–H groups in total. The second kappa shape index (κ2) is 7.86. The molecule has 0 bridgehead atoms. The zero-order chi connectivity index (χ0) is 21.5. The van der Waals surface area contributed by atoms with Gasteiger partial charge in [-0.15, -0.1) is 11.3 Å². The molecule has 2 aromatic carbocycles. The van der Waals surface area contributed by atoms with Crippen LogP contribution in [0, 0.1) is 15.9 Å². The molecule has 4 aromatic rings. The van der Waals surface area contributed by atoms with Crippen LogP contribution in [0.5, 0.6) is 5.19 Å². The molecule has 5 rings (SSSR count). The Balaban J connectivity index is 1.23. The number of amides is 1. The van der Waals surface area contributed by atoms with Gasteiger partial charge in [0.15, 0.2) is 0 Å². The minimum Gasteiger partial charge on any atom is -0.467 e. The third-order valence-electron chi connectivity index (χ3n) is 5.25. The number of piperidine rings is 1. The van der Waals surface area contributed by atoms with E-state index in [1.165, 1.54) is 46.9 Å². The molecule has 0 atom stereocenters. The van der Waals surface area contributed by atoms with Crippen LogP contribution >= 0.6 is 22.7 Å². The number of hydrogen-bond acceptors (Lipinski definition) is 7. The van der Waals surface area contributed by atoms with Gasteiger partial charge < -0.3 is 9.64 Å². The van der Waals surface area contributed by atoms with E-state index in [4.69, 9.17) is 4.74 Å². The molecule has 0 radical (unpaired) electrons. The van der Waals surface area contributed by atoms with Crippen molar-refractivity contribution in [3.63, 3.8) is 0 Å². The predicted molar refractivity (Wildman–Crippen MR) is 118 cm³/mol. The summed E-state index contributed by atoms with van der Waals surface area (Å²) in [6.07, 6.45) is 1.29. The summed E-state index contributed by atoms with van der Waals surface area (Å²) in [6, 6.07) is 10.8. The average molecular weight is 458 g/mol. The number of fused-ring (bicyclic) bond motifs is 2. The van der Waals surface area contributed by atoms with Gasteiger partial charge in [0.25, 0.3) is 16.8 Å². The molecule has 0 aliphatic carbocycles. The van der Waals surface area contributed by atoms with Crippen molar-refractivity contribution in [2.45, 2.75) is 18.9 Å². The molecule has 1 fully saturated rings. The van der Waals surface area contributed by atoms with Crippen molar-refractivity contribution in [3.8, 4) is 5.19 Å². The molecule has 1 aliphatic rings. The summed E-state index contributed by atoms with van der Waals surface area (Å²) in [4.78, 5) is 30.2. The SMILES string of the molecule is O=C(c1cc2cc([N+](=O)[O-])ccc2s1)N1CCC(Oc2nc3ccc(F)cc3s2)CC1. The number of hydrogen-bond donors (Lipinski definition) is 0. The fraction of sp³-hybridized carbons (Fsp3) is 0.238. The first-order valence-corrected chi connectivity index (χ1v) is 11.3. The molecule has 2 aromatic heterocycles. The Labute approximate surface area is 183 Å². The smallest absolute Gasteiger partial charge is 0.274 e. The second-order valence-electron chi connectivity index (χ2n) is 7.29. The van der Waals surface area contributed by atoms with E-state index >= 15 is 0 Å². The Bertz CT molecular complexity index is 1310. The lowest BCUT2D eigenvalue weighted by atomic mass is 10.1. The lowest BCUT2D eigenvalue weighted by Gasteiger charge is -2.31. The summed E-state index contributed by atoms with van der Waals surface area (Å²) in [5, 5.41) is 12.2. The fourth-order valence-corrected chi connectivity index (χ4v) is 5.57. The maximum absolute atomic E-state index is 13.4. The lowest BCUT2D eigenvalue weighted by molar-refractivity contribution is -0.384. The van der Waals surface area contributed by atoms with Crippen LogP contribution in [0.2, 0.25) is 0 Å². The minimum absolute atomic E-state index is 0.0137. The number of non-ortho nitro benzene ring substituents is 1. The molecule has 0 saturated carbocycles. The van der Waals surface area contributed by atoms with Gasteiger partial charge in [0, 0.05) is 48.2 Å². The molecule has 1 saturated heterocycles. The van der Waals surface area contributed by atoms with Crippen molar-refractivity contribution in [1.82, 2.24) is 9.88 Å². The highest BCUT2D eigenvalue weighted by Crippen LogP contribution is 2.32. The monoisotopic (exact) mass is 457 g/mol. The molecule has 1 aliphatic heterocycles. The number of likely N-dealkylation sites (tertiary alicyclic amines) is 1. The zero-order valence-corrected chi connectivity index (χ0v) is 17.7. The van der Waals surface area contributed by atoms with Crippen molar-refractivity contribution < 1.29 is 18.8 Å². The van der Waals surface area contributed by atoms with Crippen molar-refractivity contribution in [2.75, 3.05) is 13.1 Å². The number of nitro groups is 1. The van der Waals surface area contributed by atoms with Crippen molar-refractivity contribution in [3.05, 3.63) is 63.3 Å². The number of halogens is 1. The van der Waals surface area contributed by atoms with Crippen LogP contribution in [0.4, 0.5) is 10.1 Å². The number of aromatic nitrogens is 1. The first-order chi connectivity index (χ1) is 15.0. The van der Waals surface area contributed by atoms with Gasteiger partial charge in [0.1, 0.15) is 11.9 Å². The van der Waals surface area contributed by atoms with Crippen LogP contribution in [0.3, 0.4) is 0 Å². The Morgan fingerprint density at radius 2 is 1.94 bits per heavy atom. The Morgan fingerprint density at radius 3 is 2.71 bits per heavy atom. The molecule has 158 valence electrons. The summed E-state index contributed by atoms with van der Waals surface area (Å²) < 4.78 is 20.9. The second-order valence-corrected chi connectivity index (χ2v) is 9.37. The number of carbonyl (C=O) groups is 1. The first-order valence-electron chi connectivity index (χ1n) is 9.66. The van der Waals surface area contributed by atoms with Gasteiger partial charge in [-0.2, -0.15) is 0 Å². The standard InChI is InChI=1S/C21H16FN3O4S2/c22-13-1-3-16-18(11-13)31-21(23-16)29-15-5-7-24(8-6-15)20(26)19-10-12-9-14(25(27)28)2-4-17(12)30-19/h1-4,9-11,15H,5-8H2. The molecular weight excluding hydrogens is 441 g/mol.